The molecule has 0 aliphatic rings. The summed E-state index contributed by atoms with van der Waals surface area (Å²) in [5, 5.41) is 5.01. The van der Waals surface area contributed by atoms with Crippen molar-refractivity contribution in [3.8, 4) is 33.6 Å². The fourth-order valence-corrected chi connectivity index (χ4v) is 8.74. The minimum absolute atomic E-state index is 1.08. The summed E-state index contributed by atoms with van der Waals surface area (Å²) in [6.07, 6.45) is 0. The van der Waals surface area contributed by atoms with E-state index in [1.807, 2.05) is 0 Å². The van der Waals surface area contributed by atoms with Gasteiger partial charge in [0.15, 0.2) is 0 Å². The minimum Gasteiger partial charge on any atom is -0.310 e. The number of aromatic nitrogens is 2. The van der Waals surface area contributed by atoms with E-state index in [0.29, 0.717) is 0 Å². The molecular formula is C54H37N3. The number of benzene rings is 9. The van der Waals surface area contributed by atoms with Crippen LogP contribution in [0.2, 0.25) is 0 Å². The van der Waals surface area contributed by atoms with Gasteiger partial charge in [-0.25, -0.2) is 0 Å². The molecule has 2 heterocycles. The molecule has 0 spiro atoms. The molecule has 0 N–H and O–H groups in total. The van der Waals surface area contributed by atoms with Gasteiger partial charge in [-0.2, -0.15) is 0 Å². The van der Waals surface area contributed by atoms with E-state index in [2.05, 4.69) is 238 Å². The van der Waals surface area contributed by atoms with Crippen molar-refractivity contribution in [2.45, 2.75) is 0 Å². The zero-order valence-corrected chi connectivity index (χ0v) is 31.2. The normalized spacial score (nSPS) is 11.5. The van der Waals surface area contributed by atoms with Crippen LogP contribution in [-0.2, 0) is 0 Å². The molecule has 11 rings (SSSR count). The van der Waals surface area contributed by atoms with Gasteiger partial charge in [0, 0.05) is 55.5 Å². The Balaban J connectivity index is 1.08. The Morgan fingerprint density at radius 2 is 0.737 bits per heavy atom. The molecule has 0 saturated heterocycles. The summed E-state index contributed by atoms with van der Waals surface area (Å²) >= 11 is 0. The van der Waals surface area contributed by atoms with E-state index in [9.17, 15) is 0 Å². The van der Waals surface area contributed by atoms with Crippen molar-refractivity contribution >= 4 is 60.7 Å². The first-order valence-electron chi connectivity index (χ1n) is 19.5. The van der Waals surface area contributed by atoms with Crippen LogP contribution < -0.4 is 4.90 Å². The van der Waals surface area contributed by atoms with Gasteiger partial charge in [0.2, 0.25) is 0 Å². The van der Waals surface area contributed by atoms with Gasteiger partial charge >= 0.3 is 0 Å². The van der Waals surface area contributed by atoms with Gasteiger partial charge in [0.1, 0.15) is 0 Å². The Hall–Kier alpha value is -7.62. The van der Waals surface area contributed by atoms with Crippen LogP contribution in [-0.4, -0.2) is 9.13 Å². The maximum Gasteiger partial charge on any atom is 0.0619 e. The molecule has 0 unspecified atom stereocenters. The SMILES string of the molecule is c1ccc(-c2ccc(N(c3ccc(-n4c5ccccc5c5ccccc54)cc3)c3cccc(-c4cccc5c6ccccc6n(-c6ccccc6)c45)c3)cc2)cc1. The van der Waals surface area contributed by atoms with Crippen molar-refractivity contribution in [1.82, 2.24) is 9.13 Å². The summed E-state index contributed by atoms with van der Waals surface area (Å²) < 4.78 is 4.79. The zero-order valence-electron chi connectivity index (χ0n) is 31.2. The smallest absolute Gasteiger partial charge is 0.0619 e. The highest BCUT2D eigenvalue weighted by molar-refractivity contribution is 6.14. The van der Waals surface area contributed by atoms with Crippen LogP contribution in [0.4, 0.5) is 17.1 Å². The quantitative estimate of drug-likeness (QED) is 0.159. The number of nitrogens with zero attached hydrogens (tertiary/aromatic N) is 3. The third-order valence-electron chi connectivity index (χ3n) is 11.3. The van der Waals surface area contributed by atoms with Gasteiger partial charge in [-0.15, -0.1) is 0 Å². The average Bonchev–Trinajstić information content (AvgIpc) is 3.81. The lowest BCUT2D eigenvalue weighted by Crippen LogP contribution is -2.10. The molecule has 57 heavy (non-hydrogen) atoms. The summed E-state index contributed by atoms with van der Waals surface area (Å²) in [7, 11) is 0. The van der Waals surface area contributed by atoms with Crippen LogP contribution in [0.25, 0.3) is 77.2 Å². The summed E-state index contributed by atoms with van der Waals surface area (Å²) in [4.78, 5) is 2.38. The molecule has 0 aliphatic heterocycles. The Labute approximate surface area is 331 Å². The van der Waals surface area contributed by atoms with Gasteiger partial charge in [-0.3, -0.25) is 0 Å². The standard InChI is InChI=1S/C54H37N3/c1-3-15-38(16-4-1)39-29-31-42(32-30-39)55(43-33-35-44(36-34-43)56-51-26-10-7-21-47(51)48-22-8-11-27-52(48)56)45-20-13-17-40(37-45)46-24-14-25-50-49-23-9-12-28-53(49)57(54(46)50)41-18-5-2-6-19-41/h1-37H. The van der Waals surface area contributed by atoms with E-state index < -0.39 is 0 Å². The third-order valence-corrected chi connectivity index (χ3v) is 11.3. The Morgan fingerprint density at radius 3 is 1.39 bits per heavy atom. The summed E-state index contributed by atoms with van der Waals surface area (Å²) in [5.41, 5.74) is 15.1. The van der Waals surface area contributed by atoms with E-state index in [4.69, 9.17) is 0 Å². The molecule has 0 aliphatic carbocycles. The largest absolute Gasteiger partial charge is 0.310 e. The maximum absolute atomic E-state index is 2.42. The number of fused-ring (bicyclic) bond motifs is 6. The van der Waals surface area contributed by atoms with Crippen LogP contribution in [0, 0.1) is 0 Å². The first kappa shape index (κ1) is 32.8. The van der Waals surface area contributed by atoms with E-state index in [1.165, 1.54) is 60.3 Å². The molecule has 0 atom stereocenters. The molecule has 0 saturated carbocycles. The fraction of sp³-hybridized carbons (Fsp3) is 0. The van der Waals surface area contributed by atoms with Crippen LogP contribution in [0.1, 0.15) is 0 Å². The summed E-state index contributed by atoms with van der Waals surface area (Å²) in [6.45, 7) is 0. The van der Waals surface area contributed by atoms with Crippen LogP contribution in [0.3, 0.4) is 0 Å². The Morgan fingerprint density at radius 1 is 0.281 bits per heavy atom. The maximum atomic E-state index is 2.42. The molecule has 3 heteroatoms. The van der Waals surface area contributed by atoms with E-state index in [-0.39, 0.29) is 0 Å². The predicted molar refractivity (Wildman–Crippen MR) is 241 cm³/mol. The summed E-state index contributed by atoms with van der Waals surface area (Å²) in [5.74, 6) is 0. The van der Waals surface area contributed by atoms with E-state index >= 15 is 0 Å². The predicted octanol–water partition coefficient (Wildman–Crippen LogP) is 14.7. The molecule has 268 valence electrons. The second-order valence-corrected chi connectivity index (χ2v) is 14.6. The Bertz CT molecular complexity index is 3160. The average molecular weight is 728 g/mol. The zero-order chi connectivity index (χ0) is 37.7. The van der Waals surface area contributed by atoms with Crippen molar-refractivity contribution in [2.75, 3.05) is 4.90 Å². The van der Waals surface area contributed by atoms with Crippen molar-refractivity contribution in [3.05, 3.63) is 224 Å². The number of para-hydroxylation sites is 5. The van der Waals surface area contributed by atoms with Crippen molar-refractivity contribution in [2.24, 2.45) is 0 Å². The number of rotatable bonds is 7. The van der Waals surface area contributed by atoms with Gasteiger partial charge < -0.3 is 14.0 Å². The molecule has 0 bridgehead atoms. The van der Waals surface area contributed by atoms with Crippen molar-refractivity contribution < 1.29 is 0 Å². The lowest BCUT2D eigenvalue weighted by molar-refractivity contribution is 1.17. The lowest BCUT2D eigenvalue weighted by atomic mass is 10.0. The van der Waals surface area contributed by atoms with Crippen LogP contribution >= 0.6 is 0 Å². The monoisotopic (exact) mass is 727 g/mol. The highest BCUT2D eigenvalue weighted by Crippen LogP contribution is 2.42. The molecule has 2 aromatic heterocycles. The fourth-order valence-electron chi connectivity index (χ4n) is 8.74. The first-order valence-corrected chi connectivity index (χ1v) is 19.5. The summed E-state index contributed by atoms with van der Waals surface area (Å²) in [6, 6.07) is 81.1. The molecule has 11 aromatic rings. The van der Waals surface area contributed by atoms with Gasteiger partial charge in [-0.1, -0.05) is 146 Å². The molecule has 0 amide bonds. The molecule has 0 radical (unpaired) electrons. The second kappa shape index (κ2) is 13.6. The van der Waals surface area contributed by atoms with Gasteiger partial charge in [0.05, 0.1) is 22.1 Å². The number of hydrogen-bond donors (Lipinski definition) is 0. The minimum atomic E-state index is 1.08. The highest BCUT2D eigenvalue weighted by atomic mass is 15.1. The Kier molecular flexibility index (Phi) is 7.82. The highest BCUT2D eigenvalue weighted by Gasteiger charge is 2.19. The van der Waals surface area contributed by atoms with Crippen molar-refractivity contribution in [1.29, 1.82) is 0 Å². The van der Waals surface area contributed by atoms with E-state index in [1.54, 1.807) is 0 Å². The van der Waals surface area contributed by atoms with Gasteiger partial charge in [0.25, 0.3) is 0 Å². The number of anilines is 3. The lowest BCUT2D eigenvalue weighted by Gasteiger charge is -2.26. The molecule has 9 aromatic carbocycles. The second-order valence-electron chi connectivity index (χ2n) is 14.6. The topological polar surface area (TPSA) is 13.1 Å². The first-order chi connectivity index (χ1) is 28.3. The molecule has 3 nitrogen and oxygen atoms in total. The van der Waals surface area contributed by atoms with Crippen molar-refractivity contribution in [3.63, 3.8) is 0 Å². The van der Waals surface area contributed by atoms with Crippen LogP contribution in [0.15, 0.2) is 224 Å². The number of hydrogen-bond acceptors (Lipinski definition) is 1. The molecule has 0 fully saturated rings. The third kappa shape index (κ3) is 5.51. The van der Waals surface area contributed by atoms with E-state index in [0.717, 1.165) is 34.0 Å². The van der Waals surface area contributed by atoms with Gasteiger partial charge in [-0.05, 0) is 95.6 Å². The molecular weight excluding hydrogens is 691 g/mol. The van der Waals surface area contributed by atoms with Crippen LogP contribution in [0.5, 0.6) is 0 Å².